The molecule has 0 aliphatic heterocycles. The van der Waals surface area contributed by atoms with Gasteiger partial charge in [0.15, 0.2) is 0 Å². The van der Waals surface area contributed by atoms with Crippen LogP contribution in [0, 0.1) is 11.6 Å². The van der Waals surface area contributed by atoms with Gasteiger partial charge in [-0.15, -0.1) is 0 Å². The zero-order chi connectivity index (χ0) is 13.8. The molecule has 0 heterocycles. The van der Waals surface area contributed by atoms with Gasteiger partial charge in [-0.1, -0.05) is 23.7 Å². The first-order valence-electron chi connectivity index (χ1n) is 5.99. The number of halogens is 3. The zero-order valence-electron chi connectivity index (χ0n) is 10.2. The molecule has 0 aliphatic carbocycles. The maximum atomic E-state index is 13.7. The third-order valence-electron chi connectivity index (χ3n) is 3.10. The molecule has 100 valence electrons. The molecule has 4 heteroatoms. The summed E-state index contributed by atoms with van der Waals surface area (Å²) in [6, 6.07) is 10.6. The Labute approximate surface area is 116 Å². The van der Waals surface area contributed by atoms with Crippen LogP contribution in [0.25, 0.3) is 0 Å². The van der Waals surface area contributed by atoms with Crippen LogP contribution in [0.2, 0.25) is 5.02 Å². The van der Waals surface area contributed by atoms with Crippen molar-refractivity contribution in [3.63, 3.8) is 0 Å². The Morgan fingerprint density at radius 1 is 1.05 bits per heavy atom. The van der Waals surface area contributed by atoms with Gasteiger partial charge in [0.25, 0.3) is 0 Å². The van der Waals surface area contributed by atoms with E-state index in [1.165, 1.54) is 24.3 Å². The first-order valence-corrected chi connectivity index (χ1v) is 6.37. The molecule has 1 nitrogen and oxygen atoms in total. The summed E-state index contributed by atoms with van der Waals surface area (Å²) in [5.41, 5.74) is 7.14. The van der Waals surface area contributed by atoms with Gasteiger partial charge < -0.3 is 5.73 Å². The van der Waals surface area contributed by atoms with Crippen LogP contribution in [-0.2, 0) is 6.42 Å². The van der Waals surface area contributed by atoms with Gasteiger partial charge in [0.1, 0.15) is 11.6 Å². The molecule has 0 amide bonds. The minimum absolute atomic E-state index is 0.0615. The fraction of sp³-hybridized carbons (Fsp3) is 0.200. The minimum Gasteiger partial charge on any atom is -0.330 e. The highest BCUT2D eigenvalue weighted by atomic mass is 35.5. The lowest BCUT2D eigenvalue weighted by molar-refractivity contribution is 0.588. The first-order chi connectivity index (χ1) is 9.10. The normalized spacial score (nSPS) is 12.4. The van der Waals surface area contributed by atoms with Crippen molar-refractivity contribution in [2.45, 2.75) is 12.3 Å². The number of hydrogen-bond acceptors (Lipinski definition) is 1. The van der Waals surface area contributed by atoms with E-state index in [9.17, 15) is 8.78 Å². The monoisotopic (exact) mass is 281 g/mol. The van der Waals surface area contributed by atoms with Crippen molar-refractivity contribution in [3.8, 4) is 0 Å². The van der Waals surface area contributed by atoms with Crippen LogP contribution in [0.3, 0.4) is 0 Å². The van der Waals surface area contributed by atoms with E-state index in [2.05, 4.69) is 0 Å². The second kappa shape index (κ2) is 6.13. The summed E-state index contributed by atoms with van der Waals surface area (Å²) < 4.78 is 26.6. The number of hydrogen-bond donors (Lipinski definition) is 1. The zero-order valence-corrected chi connectivity index (χ0v) is 11.0. The van der Waals surface area contributed by atoms with Gasteiger partial charge in [-0.3, -0.25) is 0 Å². The van der Waals surface area contributed by atoms with Crippen molar-refractivity contribution in [1.29, 1.82) is 0 Å². The molecular weight excluding hydrogens is 268 g/mol. The van der Waals surface area contributed by atoms with E-state index in [1.54, 1.807) is 18.2 Å². The first kappa shape index (κ1) is 14.0. The highest BCUT2D eigenvalue weighted by Crippen LogP contribution is 2.24. The molecule has 2 aromatic carbocycles. The van der Waals surface area contributed by atoms with Crippen molar-refractivity contribution in [2.24, 2.45) is 5.73 Å². The fourth-order valence-corrected chi connectivity index (χ4v) is 2.23. The van der Waals surface area contributed by atoms with Gasteiger partial charge in [-0.25, -0.2) is 8.78 Å². The molecule has 1 atom stereocenters. The highest BCUT2D eigenvalue weighted by Gasteiger charge is 2.13. The third kappa shape index (κ3) is 3.52. The van der Waals surface area contributed by atoms with E-state index in [0.29, 0.717) is 23.6 Å². The number of benzene rings is 2. The lowest BCUT2D eigenvalue weighted by Crippen LogP contribution is -2.15. The second-order valence-corrected chi connectivity index (χ2v) is 4.86. The predicted molar refractivity (Wildman–Crippen MR) is 73.3 cm³/mol. The summed E-state index contributed by atoms with van der Waals surface area (Å²) in [6.45, 7) is 0.359. The number of rotatable bonds is 4. The Kier molecular flexibility index (Phi) is 4.51. The van der Waals surface area contributed by atoms with E-state index in [-0.39, 0.29) is 17.6 Å². The minimum atomic E-state index is -0.301. The van der Waals surface area contributed by atoms with E-state index < -0.39 is 0 Å². The van der Waals surface area contributed by atoms with Gasteiger partial charge in [-0.2, -0.15) is 0 Å². The lowest BCUT2D eigenvalue weighted by atomic mass is 9.92. The summed E-state index contributed by atoms with van der Waals surface area (Å²) in [5, 5.41) is 0.492. The highest BCUT2D eigenvalue weighted by molar-refractivity contribution is 6.30. The molecule has 0 bridgehead atoms. The molecule has 2 N–H and O–H groups in total. The van der Waals surface area contributed by atoms with Crippen LogP contribution < -0.4 is 5.73 Å². The Balaban J connectivity index is 2.23. The van der Waals surface area contributed by atoms with Crippen LogP contribution >= 0.6 is 11.6 Å². The molecule has 0 saturated heterocycles. The van der Waals surface area contributed by atoms with E-state index >= 15 is 0 Å². The van der Waals surface area contributed by atoms with Crippen molar-refractivity contribution in [2.75, 3.05) is 6.54 Å². The molecule has 0 saturated carbocycles. The van der Waals surface area contributed by atoms with Crippen molar-refractivity contribution < 1.29 is 8.78 Å². The summed E-state index contributed by atoms with van der Waals surface area (Å²) in [7, 11) is 0. The molecule has 0 fully saturated rings. The van der Waals surface area contributed by atoms with Crippen LogP contribution in [0.15, 0.2) is 42.5 Å². The fourth-order valence-electron chi connectivity index (χ4n) is 2.04. The molecule has 0 radical (unpaired) electrons. The van der Waals surface area contributed by atoms with Gasteiger partial charge in [-0.05, 0) is 54.4 Å². The quantitative estimate of drug-likeness (QED) is 0.904. The smallest absolute Gasteiger partial charge is 0.126 e. The van der Waals surface area contributed by atoms with E-state index in [1.807, 2.05) is 0 Å². The average Bonchev–Trinajstić information content (AvgIpc) is 2.41. The molecule has 0 aliphatic rings. The molecule has 19 heavy (non-hydrogen) atoms. The van der Waals surface area contributed by atoms with Crippen LogP contribution in [-0.4, -0.2) is 6.54 Å². The Morgan fingerprint density at radius 2 is 1.74 bits per heavy atom. The van der Waals surface area contributed by atoms with Crippen molar-refractivity contribution in [3.05, 3.63) is 70.2 Å². The summed E-state index contributed by atoms with van der Waals surface area (Å²) in [6.07, 6.45) is 0.439. The molecule has 0 spiro atoms. The standard InChI is InChI=1S/C15H14ClF2N/c16-13-3-6-15(18)11(8-13)7-12(9-19)10-1-4-14(17)5-2-10/h1-6,8,12H,7,9,19H2. The summed E-state index contributed by atoms with van der Waals surface area (Å²) in [4.78, 5) is 0. The summed E-state index contributed by atoms with van der Waals surface area (Å²) in [5.74, 6) is -0.660. The largest absolute Gasteiger partial charge is 0.330 e. The lowest BCUT2D eigenvalue weighted by Gasteiger charge is -2.16. The molecule has 2 aromatic rings. The summed E-state index contributed by atoms with van der Waals surface area (Å²) >= 11 is 5.86. The van der Waals surface area contributed by atoms with Gasteiger partial charge in [0.2, 0.25) is 0 Å². The van der Waals surface area contributed by atoms with Gasteiger partial charge >= 0.3 is 0 Å². The molecular formula is C15H14ClF2N. The third-order valence-corrected chi connectivity index (χ3v) is 3.34. The average molecular weight is 282 g/mol. The van der Waals surface area contributed by atoms with Gasteiger partial charge in [0, 0.05) is 10.9 Å². The molecule has 2 rings (SSSR count). The van der Waals surface area contributed by atoms with E-state index in [4.69, 9.17) is 17.3 Å². The Bertz CT molecular complexity index is 555. The Morgan fingerprint density at radius 3 is 2.37 bits per heavy atom. The van der Waals surface area contributed by atoms with Gasteiger partial charge in [0.05, 0.1) is 0 Å². The predicted octanol–water partition coefficient (Wildman–Crippen LogP) is 3.90. The molecule has 0 aromatic heterocycles. The molecule has 1 unspecified atom stereocenters. The van der Waals surface area contributed by atoms with Crippen LogP contribution in [0.1, 0.15) is 17.0 Å². The topological polar surface area (TPSA) is 26.0 Å². The van der Waals surface area contributed by atoms with Crippen molar-refractivity contribution >= 4 is 11.6 Å². The maximum Gasteiger partial charge on any atom is 0.126 e. The van der Waals surface area contributed by atoms with E-state index in [0.717, 1.165) is 5.56 Å². The van der Waals surface area contributed by atoms with Crippen LogP contribution in [0.5, 0.6) is 0 Å². The Hall–Kier alpha value is -1.45. The van der Waals surface area contributed by atoms with Crippen molar-refractivity contribution in [1.82, 2.24) is 0 Å². The number of nitrogens with two attached hydrogens (primary N) is 1. The van der Waals surface area contributed by atoms with Crippen LogP contribution in [0.4, 0.5) is 8.78 Å². The maximum absolute atomic E-state index is 13.7. The second-order valence-electron chi connectivity index (χ2n) is 4.42. The SMILES string of the molecule is NCC(Cc1cc(Cl)ccc1F)c1ccc(F)cc1.